The van der Waals surface area contributed by atoms with Crippen molar-refractivity contribution in [1.82, 2.24) is 0 Å². The van der Waals surface area contributed by atoms with Crippen LogP contribution in [0.2, 0.25) is 0 Å². The van der Waals surface area contributed by atoms with E-state index >= 15 is 0 Å². The predicted molar refractivity (Wildman–Crippen MR) is 98.7 cm³/mol. The molecule has 1 saturated carbocycles. The van der Waals surface area contributed by atoms with Crippen LogP contribution in [-0.4, -0.2) is 22.6 Å². The number of carbonyl (C=O) groups is 2. The van der Waals surface area contributed by atoms with Crippen LogP contribution in [0, 0.1) is 5.92 Å². The SMILES string of the molecule is CCCC1(CCC)OC(=O)C(C(c2cccc(C(N)=O)c2)C2CC2)=C1O. The summed E-state index contributed by atoms with van der Waals surface area (Å²) in [6.45, 7) is 4.04. The number of hydrogen-bond acceptors (Lipinski definition) is 4. The highest BCUT2D eigenvalue weighted by Gasteiger charge is 2.51. The number of cyclic esters (lactones) is 1. The lowest BCUT2D eigenvalue weighted by Crippen LogP contribution is -2.31. The van der Waals surface area contributed by atoms with Crippen LogP contribution in [0.5, 0.6) is 0 Å². The maximum absolute atomic E-state index is 12.8. The molecule has 1 unspecified atom stereocenters. The number of benzene rings is 1. The summed E-state index contributed by atoms with van der Waals surface area (Å²) in [7, 11) is 0. The molecule has 0 radical (unpaired) electrons. The molecular weight excluding hydrogens is 330 g/mol. The second kappa shape index (κ2) is 7.14. The highest BCUT2D eigenvalue weighted by atomic mass is 16.6. The summed E-state index contributed by atoms with van der Waals surface area (Å²) >= 11 is 0. The number of aliphatic hydroxyl groups excluding tert-OH is 1. The number of nitrogens with two attached hydrogens (primary N) is 1. The largest absolute Gasteiger partial charge is 0.507 e. The Hall–Kier alpha value is -2.30. The zero-order valence-corrected chi connectivity index (χ0v) is 15.5. The van der Waals surface area contributed by atoms with Crippen LogP contribution in [-0.2, 0) is 9.53 Å². The minimum atomic E-state index is -0.898. The van der Waals surface area contributed by atoms with Crippen LogP contribution in [0.3, 0.4) is 0 Å². The highest BCUT2D eigenvalue weighted by Crippen LogP contribution is 2.52. The van der Waals surface area contributed by atoms with E-state index in [0.717, 1.165) is 31.2 Å². The zero-order chi connectivity index (χ0) is 18.9. The molecule has 1 heterocycles. The van der Waals surface area contributed by atoms with E-state index in [4.69, 9.17) is 10.5 Å². The van der Waals surface area contributed by atoms with E-state index in [1.165, 1.54) is 0 Å². The van der Waals surface area contributed by atoms with Crippen LogP contribution >= 0.6 is 0 Å². The molecule has 1 aromatic carbocycles. The van der Waals surface area contributed by atoms with E-state index in [0.29, 0.717) is 24.0 Å². The predicted octanol–water partition coefficient (Wildman–Crippen LogP) is 3.99. The van der Waals surface area contributed by atoms with Crippen molar-refractivity contribution in [3.63, 3.8) is 0 Å². The maximum atomic E-state index is 12.8. The van der Waals surface area contributed by atoms with Crippen molar-refractivity contribution >= 4 is 11.9 Å². The minimum Gasteiger partial charge on any atom is -0.507 e. The zero-order valence-electron chi connectivity index (χ0n) is 15.5. The first-order valence-electron chi connectivity index (χ1n) is 9.50. The van der Waals surface area contributed by atoms with Gasteiger partial charge in [0.1, 0.15) is 5.76 Å². The molecule has 0 spiro atoms. The van der Waals surface area contributed by atoms with Crippen molar-refractivity contribution in [2.75, 3.05) is 0 Å². The van der Waals surface area contributed by atoms with Gasteiger partial charge in [0, 0.05) is 11.5 Å². The van der Waals surface area contributed by atoms with Gasteiger partial charge in [-0.2, -0.15) is 0 Å². The summed E-state index contributed by atoms with van der Waals surface area (Å²) in [6, 6.07) is 7.06. The summed E-state index contributed by atoms with van der Waals surface area (Å²) in [4.78, 5) is 24.3. The molecule has 5 nitrogen and oxygen atoms in total. The molecule has 3 N–H and O–H groups in total. The van der Waals surface area contributed by atoms with Gasteiger partial charge in [-0.1, -0.05) is 38.8 Å². The second-order valence-electron chi connectivity index (χ2n) is 7.45. The van der Waals surface area contributed by atoms with Gasteiger partial charge in [0.25, 0.3) is 0 Å². The molecule has 2 aliphatic rings. The number of esters is 1. The molecule has 1 aliphatic carbocycles. The second-order valence-corrected chi connectivity index (χ2v) is 7.45. The Labute approximate surface area is 154 Å². The van der Waals surface area contributed by atoms with Gasteiger partial charge in [-0.05, 0) is 49.3 Å². The normalized spacial score (nSPS) is 20.2. The average molecular weight is 357 g/mol. The Morgan fingerprint density at radius 2 is 1.96 bits per heavy atom. The molecule has 0 bridgehead atoms. The first kappa shape index (κ1) is 18.5. The smallest absolute Gasteiger partial charge is 0.339 e. The van der Waals surface area contributed by atoms with Crippen LogP contribution in [0.15, 0.2) is 35.6 Å². The van der Waals surface area contributed by atoms with E-state index in [2.05, 4.69) is 0 Å². The number of hydrogen-bond donors (Lipinski definition) is 2. The summed E-state index contributed by atoms with van der Waals surface area (Å²) in [6.07, 6.45) is 4.83. The molecule has 26 heavy (non-hydrogen) atoms. The minimum absolute atomic E-state index is 0.0904. The van der Waals surface area contributed by atoms with Crippen LogP contribution < -0.4 is 5.73 Å². The Bertz CT molecular complexity index is 742. The lowest BCUT2D eigenvalue weighted by Gasteiger charge is -2.27. The van der Waals surface area contributed by atoms with Gasteiger partial charge in [0.2, 0.25) is 5.91 Å². The Kier molecular flexibility index (Phi) is 5.08. The number of primary amides is 1. The van der Waals surface area contributed by atoms with E-state index in [9.17, 15) is 14.7 Å². The van der Waals surface area contributed by atoms with Gasteiger partial charge in [0.15, 0.2) is 5.60 Å². The molecule has 140 valence electrons. The molecule has 1 fully saturated rings. The Balaban J connectivity index is 2.07. The quantitative estimate of drug-likeness (QED) is 0.689. The van der Waals surface area contributed by atoms with Gasteiger partial charge in [-0.3, -0.25) is 4.79 Å². The van der Waals surface area contributed by atoms with Crippen molar-refractivity contribution < 1.29 is 19.4 Å². The van der Waals surface area contributed by atoms with Crippen molar-refractivity contribution in [2.45, 2.75) is 63.9 Å². The third-order valence-electron chi connectivity index (χ3n) is 5.44. The fourth-order valence-corrected chi connectivity index (χ4v) is 4.16. The van der Waals surface area contributed by atoms with Gasteiger partial charge in [0.05, 0.1) is 5.57 Å². The number of carbonyl (C=O) groups excluding carboxylic acids is 2. The van der Waals surface area contributed by atoms with Crippen LogP contribution in [0.25, 0.3) is 0 Å². The van der Waals surface area contributed by atoms with Gasteiger partial charge >= 0.3 is 5.97 Å². The fourth-order valence-electron chi connectivity index (χ4n) is 4.16. The molecule has 5 heteroatoms. The van der Waals surface area contributed by atoms with Crippen molar-refractivity contribution in [1.29, 1.82) is 0 Å². The van der Waals surface area contributed by atoms with Crippen LogP contribution in [0.4, 0.5) is 0 Å². The summed E-state index contributed by atoms with van der Waals surface area (Å²) in [5, 5.41) is 11.1. The molecular formula is C21H27NO4. The number of rotatable bonds is 8. The van der Waals surface area contributed by atoms with Crippen LogP contribution in [0.1, 0.15) is 74.2 Å². The summed E-state index contributed by atoms with van der Waals surface area (Å²) in [5.41, 5.74) is 6.13. The molecule has 0 saturated heterocycles. The Morgan fingerprint density at radius 1 is 1.31 bits per heavy atom. The van der Waals surface area contributed by atoms with E-state index in [1.54, 1.807) is 18.2 Å². The molecule has 1 aliphatic heterocycles. The third-order valence-corrected chi connectivity index (χ3v) is 5.44. The van der Waals surface area contributed by atoms with Crippen molar-refractivity contribution in [3.05, 3.63) is 46.7 Å². The average Bonchev–Trinajstić information content (AvgIpc) is 3.40. The molecule has 1 amide bonds. The van der Waals surface area contributed by atoms with Crippen molar-refractivity contribution in [2.24, 2.45) is 11.7 Å². The summed E-state index contributed by atoms with van der Waals surface area (Å²) < 4.78 is 5.76. The number of ether oxygens (including phenoxy) is 1. The van der Waals surface area contributed by atoms with E-state index < -0.39 is 17.5 Å². The monoisotopic (exact) mass is 357 g/mol. The number of aliphatic hydroxyl groups is 1. The standard InChI is InChI=1S/C21H27NO4/c1-3-10-21(11-4-2)18(23)17(20(25)26-21)16(13-8-9-13)14-6-5-7-15(12-14)19(22)24/h5-7,12-13,16,23H,3-4,8-11H2,1-2H3,(H2,22,24). The highest BCUT2D eigenvalue weighted by molar-refractivity contribution is 5.95. The molecule has 1 atom stereocenters. The molecule has 1 aromatic rings. The van der Waals surface area contributed by atoms with Crippen molar-refractivity contribution in [3.8, 4) is 0 Å². The fraction of sp³-hybridized carbons (Fsp3) is 0.524. The first-order valence-corrected chi connectivity index (χ1v) is 9.50. The lowest BCUT2D eigenvalue weighted by atomic mass is 9.82. The Morgan fingerprint density at radius 3 is 2.50 bits per heavy atom. The molecule has 0 aromatic heterocycles. The third kappa shape index (κ3) is 3.22. The van der Waals surface area contributed by atoms with E-state index in [1.807, 2.05) is 19.9 Å². The summed E-state index contributed by atoms with van der Waals surface area (Å²) in [5.74, 6) is -0.808. The maximum Gasteiger partial charge on any atom is 0.339 e. The lowest BCUT2D eigenvalue weighted by molar-refractivity contribution is -0.149. The topological polar surface area (TPSA) is 89.6 Å². The van der Waals surface area contributed by atoms with Gasteiger partial charge < -0.3 is 15.6 Å². The van der Waals surface area contributed by atoms with E-state index in [-0.39, 0.29) is 17.6 Å². The van der Waals surface area contributed by atoms with Gasteiger partial charge in [-0.25, -0.2) is 4.79 Å². The first-order chi connectivity index (χ1) is 12.4. The molecule has 3 rings (SSSR count). The number of amides is 1. The van der Waals surface area contributed by atoms with Gasteiger partial charge in [-0.15, -0.1) is 0 Å².